The van der Waals surface area contributed by atoms with Gasteiger partial charge in [0.25, 0.3) is 0 Å². The van der Waals surface area contributed by atoms with Gasteiger partial charge in [-0.1, -0.05) is 12.1 Å². The fourth-order valence-corrected chi connectivity index (χ4v) is 2.53. The minimum Gasteiger partial charge on any atom is -0.384 e. The highest BCUT2D eigenvalue weighted by Gasteiger charge is 2.16. The number of nitrogens with one attached hydrogen (secondary N) is 1. The topological polar surface area (TPSA) is 53.1 Å². The highest BCUT2D eigenvalue weighted by Crippen LogP contribution is 2.32. The second-order valence-corrected chi connectivity index (χ2v) is 5.36. The molecule has 2 aromatic rings. The molecule has 0 saturated carbocycles. The molecule has 2 aromatic carbocycles. The van der Waals surface area contributed by atoms with Gasteiger partial charge in [-0.05, 0) is 52.7 Å². The zero-order chi connectivity index (χ0) is 14.9. The van der Waals surface area contributed by atoms with Crippen molar-refractivity contribution in [3.63, 3.8) is 0 Å². The van der Waals surface area contributed by atoms with E-state index in [0.717, 1.165) is 11.3 Å². The summed E-state index contributed by atoms with van der Waals surface area (Å²) in [6.45, 7) is 1.99. The standard InChI is InChI=1S/C15H15BrFN3/c1-9-4-3-5-10(8-9)20(2)12-7-6-11(15(18)19)13(16)14(12)17/h3-8H,1-2H3,(H3,18,19). The Hall–Kier alpha value is -1.88. The Bertz CT molecular complexity index is 670. The molecule has 5 heteroatoms. The maximum Gasteiger partial charge on any atom is 0.161 e. The molecule has 0 aliphatic heterocycles. The third-order valence-electron chi connectivity index (χ3n) is 3.10. The van der Waals surface area contributed by atoms with Gasteiger partial charge in [0, 0.05) is 18.3 Å². The molecule has 104 valence electrons. The summed E-state index contributed by atoms with van der Waals surface area (Å²) < 4.78 is 14.6. The van der Waals surface area contributed by atoms with Crippen molar-refractivity contribution in [1.82, 2.24) is 0 Å². The van der Waals surface area contributed by atoms with Crippen molar-refractivity contribution in [3.05, 3.63) is 57.8 Å². The van der Waals surface area contributed by atoms with E-state index >= 15 is 0 Å². The van der Waals surface area contributed by atoms with Gasteiger partial charge < -0.3 is 10.6 Å². The molecule has 0 aliphatic rings. The molecule has 2 rings (SSSR count). The molecule has 3 N–H and O–H groups in total. The summed E-state index contributed by atoms with van der Waals surface area (Å²) in [6, 6.07) is 11.1. The Morgan fingerprint density at radius 1 is 1.30 bits per heavy atom. The first kappa shape index (κ1) is 14.5. The number of benzene rings is 2. The first-order valence-electron chi connectivity index (χ1n) is 6.04. The molecule has 0 radical (unpaired) electrons. The van der Waals surface area contributed by atoms with E-state index in [9.17, 15) is 4.39 Å². The Morgan fingerprint density at radius 3 is 2.60 bits per heavy atom. The quantitative estimate of drug-likeness (QED) is 0.659. The van der Waals surface area contributed by atoms with Crippen LogP contribution in [0.25, 0.3) is 0 Å². The molecule has 0 aliphatic carbocycles. The molecule has 0 aromatic heterocycles. The third-order valence-corrected chi connectivity index (χ3v) is 3.88. The van der Waals surface area contributed by atoms with Crippen LogP contribution in [0.3, 0.4) is 0 Å². The molecule has 20 heavy (non-hydrogen) atoms. The average molecular weight is 336 g/mol. The molecule has 3 nitrogen and oxygen atoms in total. The van der Waals surface area contributed by atoms with Crippen molar-refractivity contribution >= 4 is 33.1 Å². The maximum atomic E-state index is 14.4. The van der Waals surface area contributed by atoms with Gasteiger partial charge in [-0.3, -0.25) is 5.41 Å². The number of anilines is 2. The van der Waals surface area contributed by atoms with E-state index in [1.165, 1.54) is 0 Å². The fourth-order valence-electron chi connectivity index (χ4n) is 1.98. The van der Waals surface area contributed by atoms with E-state index in [-0.39, 0.29) is 10.3 Å². The van der Waals surface area contributed by atoms with E-state index in [1.807, 2.05) is 31.2 Å². The molecule has 0 bridgehead atoms. The van der Waals surface area contributed by atoms with Gasteiger partial charge in [0.2, 0.25) is 0 Å². The summed E-state index contributed by atoms with van der Waals surface area (Å²) in [7, 11) is 1.80. The normalized spacial score (nSPS) is 10.4. The average Bonchev–Trinajstić information content (AvgIpc) is 2.40. The number of amidine groups is 1. The predicted octanol–water partition coefficient (Wildman–Crippen LogP) is 3.95. The van der Waals surface area contributed by atoms with Crippen LogP contribution in [0.15, 0.2) is 40.9 Å². The van der Waals surface area contributed by atoms with Crippen LogP contribution in [-0.2, 0) is 0 Å². The first-order chi connectivity index (χ1) is 9.41. The van der Waals surface area contributed by atoms with Crippen LogP contribution in [0.1, 0.15) is 11.1 Å². The summed E-state index contributed by atoms with van der Waals surface area (Å²) in [5.41, 5.74) is 8.19. The second kappa shape index (κ2) is 5.63. The number of hydrogen-bond donors (Lipinski definition) is 2. The number of nitrogens with two attached hydrogens (primary N) is 1. The molecule has 0 atom stereocenters. The van der Waals surface area contributed by atoms with Crippen LogP contribution in [-0.4, -0.2) is 12.9 Å². The van der Waals surface area contributed by atoms with Gasteiger partial charge in [0.05, 0.1) is 10.2 Å². The van der Waals surface area contributed by atoms with E-state index in [2.05, 4.69) is 15.9 Å². The monoisotopic (exact) mass is 335 g/mol. The molecule has 0 saturated heterocycles. The summed E-state index contributed by atoms with van der Waals surface area (Å²) >= 11 is 3.16. The Labute approximate surface area is 125 Å². The zero-order valence-corrected chi connectivity index (χ0v) is 12.8. The Kier molecular flexibility index (Phi) is 4.09. The van der Waals surface area contributed by atoms with E-state index in [0.29, 0.717) is 11.3 Å². The lowest BCUT2D eigenvalue weighted by molar-refractivity contribution is 0.620. The van der Waals surface area contributed by atoms with Crippen molar-refractivity contribution in [1.29, 1.82) is 5.41 Å². The van der Waals surface area contributed by atoms with Crippen molar-refractivity contribution in [3.8, 4) is 0 Å². The minimum absolute atomic E-state index is 0.166. The number of nitrogen functional groups attached to an aromatic ring is 1. The molecule has 0 spiro atoms. The van der Waals surface area contributed by atoms with Gasteiger partial charge in [-0.15, -0.1) is 0 Å². The number of halogens is 2. The number of rotatable bonds is 3. The highest BCUT2D eigenvalue weighted by atomic mass is 79.9. The number of nitrogens with zero attached hydrogens (tertiary/aromatic N) is 1. The summed E-state index contributed by atoms with van der Waals surface area (Å²) in [5, 5.41) is 7.41. The lowest BCUT2D eigenvalue weighted by Gasteiger charge is -2.21. The summed E-state index contributed by atoms with van der Waals surface area (Å²) in [5.74, 6) is -0.595. The van der Waals surface area contributed by atoms with Crippen LogP contribution in [0.5, 0.6) is 0 Å². The van der Waals surface area contributed by atoms with Crippen LogP contribution >= 0.6 is 15.9 Å². The molecular formula is C15H15BrFN3. The smallest absolute Gasteiger partial charge is 0.161 e. The van der Waals surface area contributed by atoms with Gasteiger partial charge in [0.1, 0.15) is 5.84 Å². The predicted molar refractivity (Wildman–Crippen MR) is 84.4 cm³/mol. The highest BCUT2D eigenvalue weighted by molar-refractivity contribution is 9.10. The lowest BCUT2D eigenvalue weighted by Crippen LogP contribution is -2.16. The van der Waals surface area contributed by atoms with Gasteiger partial charge in [-0.2, -0.15) is 0 Å². The van der Waals surface area contributed by atoms with Gasteiger partial charge in [-0.25, -0.2) is 4.39 Å². The van der Waals surface area contributed by atoms with Crippen LogP contribution < -0.4 is 10.6 Å². The first-order valence-corrected chi connectivity index (χ1v) is 6.84. The fraction of sp³-hybridized carbons (Fsp3) is 0.133. The van der Waals surface area contributed by atoms with Crippen LogP contribution in [0.2, 0.25) is 0 Å². The largest absolute Gasteiger partial charge is 0.384 e. The van der Waals surface area contributed by atoms with Crippen molar-refractivity contribution in [2.45, 2.75) is 6.92 Å². The zero-order valence-electron chi connectivity index (χ0n) is 11.2. The molecule has 0 fully saturated rings. The van der Waals surface area contributed by atoms with Crippen molar-refractivity contribution < 1.29 is 4.39 Å². The van der Waals surface area contributed by atoms with E-state index in [1.54, 1.807) is 24.1 Å². The van der Waals surface area contributed by atoms with Gasteiger partial charge >= 0.3 is 0 Å². The minimum atomic E-state index is -0.429. The molecule has 0 amide bonds. The van der Waals surface area contributed by atoms with Crippen molar-refractivity contribution in [2.24, 2.45) is 5.73 Å². The molecule has 0 heterocycles. The van der Waals surface area contributed by atoms with Crippen LogP contribution in [0.4, 0.5) is 15.8 Å². The van der Waals surface area contributed by atoms with Crippen molar-refractivity contribution in [2.75, 3.05) is 11.9 Å². The summed E-state index contributed by atoms with van der Waals surface area (Å²) in [4.78, 5) is 1.76. The number of aryl methyl sites for hydroxylation is 1. The second-order valence-electron chi connectivity index (χ2n) is 4.57. The van der Waals surface area contributed by atoms with Gasteiger partial charge in [0.15, 0.2) is 5.82 Å². The maximum absolute atomic E-state index is 14.4. The summed E-state index contributed by atoms with van der Waals surface area (Å²) in [6.07, 6.45) is 0. The number of hydrogen-bond acceptors (Lipinski definition) is 2. The molecular weight excluding hydrogens is 321 g/mol. The van der Waals surface area contributed by atoms with E-state index < -0.39 is 5.82 Å². The Morgan fingerprint density at radius 2 is 2.00 bits per heavy atom. The third kappa shape index (κ3) is 2.67. The van der Waals surface area contributed by atoms with Crippen LogP contribution in [0, 0.1) is 18.2 Å². The SMILES string of the molecule is Cc1cccc(N(C)c2ccc(C(=N)N)c(Br)c2F)c1. The Balaban J connectivity index is 2.48. The lowest BCUT2D eigenvalue weighted by atomic mass is 10.1. The van der Waals surface area contributed by atoms with E-state index in [4.69, 9.17) is 11.1 Å². The molecule has 0 unspecified atom stereocenters.